The average molecular weight is 563 g/mol. The zero-order valence-corrected chi connectivity index (χ0v) is 19.8. The summed E-state index contributed by atoms with van der Waals surface area (Å²) in [6.07, 6.45) is -2.76. The number of phenolic OH excluding ortho intramolecular Hbond substituents is 1. The lowest BCUT2D eigenvalue weighted by atomic mass is 9.85. The molecular weight excluding hydrogens is 545 g/mol. The summed E-state index contributed by atoms with van der Waals surface area (Å²) in [5.41, 5.74) is 5.93. The molecule has 192 valence electrons. The number of carbonyl (C=O) groups is 2. The van der Waals surface area contributed by atoms with Gasteiger partial charge in [-0.25, -0.2) is 9.18 Å². The molecule has 2 aromatic rings. The Kier molecular flexibility index (Phi) is 9.40. The van der Waals surface area contributed by atoms with Crippen molar-refractivity contribution < 1.29 is 37.4 Å². The monoisotopic (exact) mass is 561 g/mol. The van der Waals surface area contributed by atoms with Gasteiger partial charge < -0.3 is 25.8 Å². The summed E-state index contributed by atoms with van der Waals surface area (Å²) in [5.74, 6) is -4.37. The van der Waals surface area contributed by atoms with Gasteiger partial charge in [0.2, 0.25) is 0 Å². The number of halogens is 7. The van der Waals surface area contributed by atoms with E-state index in [1.807, 2.05) is 0 Å². The van der Waals surface area contributed by atoms with E-state index in [4.69, 9.17) is 50.4 Å². The summed E-state index contributed by atoms with van der Waals surface area (Å²) >= 11 is 17.4. The van der Waals surface area contributed by atoms with Gasteiger partial charge in [0.05, 0.1) is 15.6 Å². The molecule has 35 heavy (non-hydrogen) atoms. The Morgan fingerprint density at radius 3 is 2.17 bits per heavy atom. The minimum absolute atomic E-state index is 0.0617. The number of alkyl halides is 3. The lowest BCUT2D eigenvalue weighted by Crippen LogP contribution is -2.41. The third kappa shape index (κ3) is 7.00. The molecule has 1 atom stereocenters. The highest BCUT2D eigenvalue weighted by atomic mass is 35.5. The zero-order valence-electron chi connectivity index (χ0n) is 17.5. The number of H-pyrrole nitrogens is 1. The maximum Gasteiger partial charge on any atom is 0.490 e. The van der Waals surface area contributed by atoms with Crippen molar-refractivity contribution in [3.05, 3.63) is 60.7 Å². The first kappa shape index (κ1) is 28.7. The second-order valence-electron chi connectivity index (χ2n) is 7.44. The van der Waals surface area contributed by atoms with Gasteiger partial charge in [-0.15, -0.1) is 0 Å². The highest BCUT2D eigenvalue weighted by Crippen LogP contribution is 2.40. The van der Waals surface area contributed by atoms with Gasteiger partial charge in [0.1, 0.15) is 10.8 Å². The molecule has 1 amide bonds. The van der Waals surface area contributed by atoms with Gasteiger partial charge in [0.25, 0.3) is 11.5 Å². The standard InChI is InChI=1S/C18H17Cl3FN3O3.C2HF3O2/c19-10-6-12(26)13(15(22)14(10)21)16(23)8-1-3-25(4-2-8)18(28)9-5-11(20)17(27)24-7-9;3-2(4,5)1(6)7/h5-8,16,26H,1-4,23H2,(H,24,27);(H,6,7). The molecule has 1 saturated heterocycles. The Labute approximate surface area is 210 Å². The second kappa shape index (κ2) is 11.5. The van der Waals surface area contributed by atoms with Crippen LogP contribution in [0.2, 0.25) is 15.1 Å². The van der Waals surface area contributed by atoms with Gasteiger partial charge >= 0.3 is 12.1 Å². The van der Waals surface area contributed by atoms with E-state index in [0.717, 1.165) is 0 Å². The van der Waals surface area contributed by atoms with Crippen molar-refractivity contribution in [2.24, 2.45) is 11.7 Å². The number of phenols is 1. The van der Waals surface area contributed by atoms with E-state index in [1.54, 1.807) is 4.90 Å². The quantitative estimate of drug-likeness (QED) is 0.324. The first-order valence-corrected chi connectivity index (χ1v) is 10.9. The van der Waals surface area contributed by atoms with E-state index < -0.39 is 29.6 Å². The number of aromatic amines is 1. The van der Waals surface area contributed by atoms with Gasteiger partial charge in [0, 0.05) is 37.0 Å². The number of aliphatic carboxylic acids is 1. The van der Waals surface area contributed by atoms with Crippen LogP contribution in [0.3, 0.4) is 0 Å². The summed E-state index contributed by atoms with van der Waals surface area (Å²) in [6, 6.07) is 1.69. The number of aromatic hydroxyl groups is 1. The summed E-state index contributed by atoms with van der Waals surface area (Å²) in [7, 11) is 0. The average Bonchev–Trinajstić information content (AvgIpc) is 2.78. The van der Waals surface area contributed by atoms with Crippen molar-refractivity contribution in [3.63, 3.8) is 0 Å². The molecule has 0 aliphatic carbocycles. The molecule has 15 heteroatoms. The van der Waals surface area contributed by atoms with Crippen molar-refractivity contribution in [2.45, 2.75) is 25.1 Å². The van der Waals surface area contributed by atoms with E-state index in [1.165, 1.54) is 18.3 Å². The maximum atomic E-state index is 14.5. The van der Waals surface area contributed by atoms with Gasteiger partial charge in [0.15, 0.2) is 5.82 Å². The van der Waals surface area contributed by atoms with Crippen LogP contribution < -0.4 is 11.3 Å². The summed E-state index contributed by atoms with van der Waals surface area (Å²) < 4.78 is 46.2. The normalized spacial score (nSPS) is 15.3. The van der Waals surface area contributed by atoms with E-state index in [9.17, 15) is 32.3 Å². The van der Waals surface area contributed by atoms with Crippen LogP contribution in [-0.2, 0) is 4.79 Å². The highest BCUT2D eigenvalue weighted by molar-refractivity contribution is 6.42. The minimum atomic E-state index is -5.08. The number of nitrogens with zero attached hydrogens (tertiary/aromatic N) is 1. The first-order valence-electron chi connectivity index (χ1n) is 9.74. The molecule has 5 N–H and O–H groups in total. The van der Waals surface area contributed by atoms with Crippen LogP contribution in [0.4, 0.5) is 17.6 Å². The number of hydrogen-bond acceptors (Lipinski definition) is 5. The molecule has 0 bridgehead atoms. The van der Waals surface area contributed by atoms with Crippen molar-refractivity contribution in [1.82, 2.24) is 9.88 Å². The summed E-state index contributed by atoms with van der Waals surface area (Å²) in [6.45, 7) is 0.773. The van der Waals surface area contributed by atoms with Gasteiger partial charge in [-0.1, -0.05) is 34.8 Å². The number of piperidine rings is 1. The van der Waals surface area contributed by atoms with Crippen LogP contribution in [0, 0.1) is 11.7 Å². The summed E-state index contributed by atoms with van der Waals surface area (Å²) in [5, 5.41) is 16.8. The molecule has 0 spiro atoms. The third-order valence-electron chi connectivity index (χ3n) is 5.19. The van der Waals surface area contributed by atoms with Crippen LogP contribution in [0.1, 0.15) is 34.8 Å². The molecule has 1 aliphatic rings. The molecule has 1 aromatic heterocycles. The van der Waals surface area contributed by atoms with Crippen LogP contribution in [0.15, 0.2) is 23.1 Å². The number of nitrogens with one attached hydrogen (secondary N) is 1. The number of benzene rings is 1. The number of carbonyl (C=O) groups excluding carboxylic acids is 1. The Balaban J connectivity index is 0.000000540. The molecule has 1 aromatic carbocycles. The number of nitrogens with two attached hydrogens (primary N) is 1. The molecule has 1 unspecified atom stereocenters. The Morgan fingerprint density at radius 1 is 1.14 bits per heavy atom. The summed E-state index contributed by atoms with van der Waals surface area (Å²) in [4.78, 5) is 36.8. The van der Waals surface area contributed by atoms with Crippen LogP contribution in [-0.4, -0.2) is 51.2 Å². The third-order valence-corrected chi connectivity index (χ3v) is 6.24. The predicted molar refractivity (Wildman–Crippen MR) is 119 cm³/mol. The van der Waals surface area contributed by atoms with Crippen molar-refractivity contribution in [3.8, 4) is 5.75 Å². The number of likely N-dealkylation sites (tertiary alicyclic amines) is 1. The lowest BCUT2D eigenvalue weighted by Gasteiger charge is -2.35. The van der Waals surface area contributed by atoms with Crippen molar-refractivity contribution in [2.75, 3.05) is 13.1 Å². The fourth-order valence-electron chi connectivity index (χ4n) is 3.37. The molecule has 2 heterocycles. The number of pyridine rings is 1. The van der Waals surface area contributed by atoms with Gasteiger partial charge in [-0.05, 0) is 24.8 Å². The van der Waals surface area contributed by atoms with Gasteiger partial charge in [-0.3, -0.25) is 9.59 Å². The number of hydrogen-bond donors (Lipinski definition) is 4. The lowest BCUT2D eigenvalue weighted by molar-refractivity contribution is -0.192. The molecule has 1 fully saturated rings. The largest absolute Gasteiger partial charge is 0.507 e. The maximum absolute atomic E-state index is 14.5. The van der Waals surface area contributed by atoms with Gasteiger partial charge in [-0.2, -0.15) is 13.2 Å². The van der Waals surface area contributed by atoms with Crippen molar-refractivity contribution >= 4 is 46.7 Å². The Bertz CT molecular complexity index is 1170. The molecule has 0 saturated carbocycles. The molecular formula is C20H18Cl3F4N3O5. The number of rotatable bonds is 3. The molecule has 1 aliphatic heterocycles. The van der Waals surface area contributed by atoms with E-state index in [-0.39, 0.29) is 43.8 Å². The smallest absolute Gasteiger partial charge is 0.490 e. The van der Waals surface area contributed by atoms with Crippen molar-refractivity contribution in [1.29, 1.82) is 0 Å². The van der Waals surface area contributed by atoms with Crippen LogP contribution in [0.25, 0.3) is 0 Å². The predicted octanol–water partition coefficient (Wildman–Crippen LogP) is 4.37. The number of carboxylic acids is 1. The second-order valence-corrected chi connectivity index (χ2v) is 8.64. The number of amides is 1. The fraction of sp³-hybridized carbons (Fsp3) is 0.350. The van der Waals surface area contributed by atoms with E-state index >= 15 is 0 Å². The van der Waals surface area contributed by atoms with Crippen LogP contribution in [0.5, 0.6) is 5.75 Å². The van der Waals surface area contributed by atoms with Crippen LogP contribution >= 0.6 is 34.8 Å². The number of aromatic nitrogens is 1. The fourth-order valence-corrected chi connectivity index (χ4v) is 3.89. The topological polar surface area (TPSA) is 137 Å². The minimum Gasteiger partial charge on any atom is -0.507 e. The number of carboxylic acid groups (broad SMARTS) is 1. The Morgan fingerprint density at radius 2 is 1.69 bits per heavy atom. The molecule has 8 nitrogen and oxygen atoms in total. The van der Waals surface area contributed by atoms with E-state index in [0.29, 0.717) is 25.9 Å². The molecule has 0 radical (unpaired) electrons. The van der Waals surface area contributed by atoms with E-state index in [2.05, 4.69) is 4.98 Å². The molecule has 3 rings (SSSR count). The first-order chi connectivity index (χ1) is 16.1. The zero-order chi connectivity index (χ0) is 26.7. The Hall–Kier alpha value is -2.54. The SMILES string of the molecule is NC(c1c(O)cc(Cl)c(Cl)c1F)C1CCN(C(=O)c2c[nH]c(=O)c(Cl)c2)CC1.O=C(O)C(F)(F)F. The highest BCUT2D eigenvalue weighted by Gasteiger charge is 2.38.